The average Bonchev–Trinajstić information content (AvgIpc) is 3.05. The van der Waals surface area contributed by atoms with Crippen molar-refractivity contribution in [1.29, 1.82) is 0 Å². The number of amides is 1. The highest BCUT2D eigenvalue weighted by molar-refractivity contribution is 5.78. The molecule has 6 heteroatoms. The maximum atomic E-state index is 12.7. The highest BCUT2D eigenvalue weighted by atomic mass is 16.2. The summed E-state index contributed by atoms with van der Waals surface area (Å²) in [5, 5.41) is 8.78. The van der Waals surface area contributed by atoms with Gasteiger partial charge in [-0.15, -0.1) is 10.2 Å². The third-order valence-electron chi connectivity index (χ3n) is 6.03. The molecular formula is C20H29N5O. The molecule has 4 heterocycles. The Balaban J connectivity index is 1.35. The maximum Gasteiger partial charge on any atom is 0.236 e. The van der Waals surface area contributed by atoms with E-state index in [9.17, 15) is 4.79 Å². The standard InChI is InChI=1S/C20H29N5O/c1-15-6-12-25-18(13-15)21-22-20(25)17-7-10-23(11-8-17)14-19(26)24-9-4-3-5-16(24)2/h6,12-13,16-17H,3-5,7-11,14H2,1-2H3. The fraction of sp³-hybridized carbons (Fsp3) is 0.650. The van der Waals surface area contributed by atoms with Gasteiger partial charge in [0.2, 0.25) is 5.91 Å². The average molecular weight is 355 g/mol. The monoisotopic (exact) mass is 355 g/mol. The van der Waals surface area contributed by atoms with Crippen LogP contribution in [0, 0.1) is 6.92 Å². The minimum atomic E-state index is 0.305. The van der Waals surface area contributed by atoms with E-state index in [4.69, 9.17) is 0 Å². The van der Waals surface area contributed by atoms with Gasteiger partial charge in [0.1, 0.15) is 5.82 Å². The van der Waals surface area contributed by atoms with Crippen LogP contribution in [0.4, 0.5) is 0 Å². The molecule has 2 aromatic heterocycles. The lowest BCUT2D eigenvalue weighted by molar-refractivity contribution is -0.135. The lowest BCUT2D eigenvalue weighted by Gasteiger charge is -2.36. The molecule has 0 bridgehead atoms. The molecule has 2 fully saturated rings. The van der Waals surface area contributed by atoms with Gasteiger partial charge in [-0.2, -0.15) is 0 Å². The molecule has 0 N–H and O–H groups in total. The number of aromatic nitrogens is 3. The molecule has 0 saturated carbocycles. The Morgan fingerprint density at radius 2 is 1.96 bits per heavy atom. The minimum absolute atomic E-state index is 0.305. The van der Waals surface area contributed by atoms with E-state index in [0.29, 0.717) is 24.4 Å². The second-order valence-corrected chi connectivity index (χ2v) is 7.97. The van der Waals surface area contributed by atoms with E-state index < -0.39 is 0 Å². The number of piperidine rings is 2. The fourth-order valence-corrected chi connectivity index (χ4v) is 4.39. The number of carbonyl (C=O) groups excluding carboxylic acids is 1. The highest BCUT2D eigenvalue weighted by Crippen LogP contribution is 2.27. The molecule has 4 rings (SSSR count). The number of fused-ring (bicyclic) bond motifs is 1. The van der Waals surface area contributed by atoms with Crippen LogP contribution in [0.15, 0.2) is 18.3 Å². The van der Waals surface area contributed by atoms with E-state index in [1.807, 2.05) is 0 Å². The second kappa shape index (κ2) is 7.35. The summed E-state index contributed by atoms with van der Waals surface area (Å²) in [6.07, 6.45) is 7.70. The normalized spacial score (nSPS) is 22.8. The molecule has 0 spiro atoms. The zero-order valence-corrected chi connectivity index (χ0v) is 15.9. The molecular weight excluding hydrogens is 326 g/mol. The molecule has 26 heavy (non-hydrogen) atoms. The minimum Gasteiger partial charge on any atom is -0.339 e. The van der Waals surface area contributed by atoms with Crippen LogP contribution in [-0.4, -0.2) is 62.5 Å². The van der Waals surface area contributed by atoms with Crippen molar-refractivity contribution in [2.75, 3.05) is 26.2 Å². The van der Waals surface area contributed by atoms with Crippen molar-refractivity contribution in [2.24, 2.45) is 0 Å². The SMILES string of the molecule is Cc1ccn2c(C3CCN(CC(=O)N4CCCCC4C)CC3)nnc2c1. The zero-order chi connectivity index (χ0) is 18.1. The summed E-state index contributed by atoms with van der Waals surface area (Å²) in [5.41, 5.74) is 2.13. The molecule has 1 unspecified atom stereocenters. The molecule has 2 aromatic rings. The van der Waals surface area contributed by atoms with Crippen LogP contribution in [0.1, 0.15) is 56.3 Å². The van der Waals surface area contributed by atoms with Crippen molar-refractivity contribution in [3.8, 4) is 0 Å². The summed E-state index contributed by atoms with van der Waals surface area (Å²) < 4.78 is 2.12. The van der Waals surface area contributed by atoms with Gasteiger partial charge < -0.3 is 4.90 Å². The number of rotatable bonds is 3. The van der Waals surface area contributed by atoms with Crippen LogP contribution < -0.4 is 0 Å². The van der Waals surface area contributed by atoms with E-state index in [-0.39, 0.29) is 0 Å². The van der Waals surface area contributed by atoms with Crippen LogP contribution >= 0.6 is 0 Å². The molecule has 0 aromatic carbocycles. The first-order valence-electron chi connectivity index (χ1n) is 9.95. The van der Waals surface area contributed by atoms with Crippen molar-refractivity contribution >= 4 is 11.6 Å². The van der Waals surface area contributed by atoms with Gasteiger partial charge in [0.15, 0.2) is 5.65 Å². The fourth-order valence-electron chi connectivity index (χ4n) is 4.39. The summed E-state index contributed by atoms with van der Waals surface area (Å²) in [5.74, 6) is 1.79. The Hall–Kier alpha value is -1.95. The van der Waals surface area contributed by atoms with Gasteiger partial charge in [-0.25, -0.2) is 0 Å². The van der Waals surface area contributed by atoms with Crippen molar-refractivity contribution in [2.45, 2.75) is 57.9 Å². The van der Waals surface area contributed by atoms with Crippen LogP contribution in [-0.2, 0) is 4.79 Å². The van der Waals surface area contributed by atoms with Gasteiger partial charge in [0.25, 0.3) is 0 Å². The Bertz CT molecular complexity index is 778. The quantitative estimate of drug-likeness (QED) is 0.849. The number of carbonyl (C=O) groups is 1. The lowest BCUT2D eigenvalue weighted by atomic mass is 9.96. The van der Waals surface area contributed by atoms with E-state index in [1.165, 1.54) is 12.0 Å². The Morgan fingerprint density at radius 3 is 2.73 bits per heavy atom. The van der Waals surface area contributed by atoms with Gasteiger partial charge in [-0.1, -0.05) is 0 Å². The maximum absolute atomic E-state index is 12.7. The Kier molecular flexibility index (Phi) is 4.94. The van der Waals surface area contributed by atoms with Crippen molar-refractivity contribution < 1.29 is 4.79 Å². The number of likely N-dealkylation sites (tertiary alicyclic amines) is 2. The summed E-state index contributed by atoms with van der Waals surface area (Å²) in [6.45, 7) is 7.67. The predicted octanol–water partition coefficient (Wildman–Crippen LogP) is 2.62. The third kappa shape index (κ3) is 3.47. The summed E-state index contributed by atoms with van der Waals surface area (Å²) in [4.78, 5) is 17.1. The lowest BCUT2D eigenvalue weighted by Crippen LogP contribution is -2.48. The number of pyridine rings is 1. The van der Waals surface area contributed by atoms with E-state index in [0.717, 1.165) is 56.8 Å². The van der Waals surface area contributed by atoms with Gasteiger partial charge in [0.05, 0.1) is 6.54 Å². The highest BCUT2D eigenvalue weighted by Gasteiger charge is 2.28. The van der Waals surface area contributed by atoms with Crippen LogP contribution in [0.5, 0.6) is 0 Å². The van der Waals surface area contributed by atoms with E-state index in [2.05, 4.69) is 56.6 Å². The smallest absolute Gasteiger partial charge is 0.236 e. The molecule has 140 valence electrons. The van der Waals surface area contributed by atoms with E-state index >= 15 is 0 Å². The second-order valence-electron chi connectivity index (χ2n) is 7.97. The summed E-state index contributed by atoms with van der Waals surface area (Å²) in [6, 6.07) is 4.58. The van der Waals surface area contributed by atoms with Crippen LogP contribution in [0.3, 0.4) is 0 Å². The van der Waals surface area contributed by atoms with Crippen molar-refractivity contribution in [3.05, 3.63) is 29.7 Å². The molecule has 2 aliphatic heterocycles. The van der Waals surface area contributed by atoms with Gasteiger partial charge in [0, 0.05) is 24.7 Å². The first-order chi connectivity index (χ1) is 12.6. The number of hydrogen-bond acceptors (Lipinski definition) is 4. The molecule has 0 radical (unpaired) electrons. The third-order valence-corrected chi connectivity index (χ3v) is 6.03. The molecule has 2 saturated heterocycles. The largest absolute Gasteiger partial charge is 0.339 e. The predicted molar refractivity (Wildman–Crippen MR) is 101 cm³/mol. The summed E-state index contributed by atoms with van der Waals surface area (Å²) in [7, 11) is 0. The summed E-state index contributed by atoms with van der Waals surface area (Å²) >= 11 is 0. The first kappa shape index (κ1) is 17.5. The molecule has 0 aliphatic carbocycles. The molecule has 1 atom stereocenters. The van der Waals surface area contributed by atoms with Gasteiger partial charge in [-0.3, -0.25) is 14.1 Å². The Labute approximate surface area is 155 Å². The van der Waals surface area contributed by atoms with Gasteiger partial charge in [-0.05, 0) is 76.7 Å². The molecule has 6 nitrogen and oxygen atoms in total. The molecule has 1 amide bonds. The number of hydrogen-bond donors (Lipinski definition) is 0. The Morgan fingerprint density at radius 1 is 1.15 bits per heavy atom. The van der Waals surface area contributed by atoms with Crippen molar-refractivity contribution in [1.82, 2.24) is 24.4 Å². The zero-order valence-electron chi connectivity index (χ0n) is 15.9. The van der Waals surface area contributed by atoms with E-state index in [1.54, 1.807) is 0 Å². The van der Waals surface area contributed by atoms with Crippen LogP contribution in [0.2, 0.25) is 0 Å². The number of nitrogens with zero attached hydrogens (tertiary/aromatic N) is 5. The van der Waals surface area contributed by atoms with Gasteiger partial charge >= 0.3 is 0 Å². The number of aryl methyl sites for hydroxylation is 1. The van der Waals surface area contributed by atoms with Crippen LogP contribution in [0.25, 0.3) is 5.65 Å². The first-order valence-corrected chi connectivity index (χ1v) is 9.95. The molecule has 2 aliphatic rings. The van der Waals surface area contributed by atoms with Crippen molar-refractivity contribution in [3.63, 3.8) is 0 Å². The topological polar surface area (TPSA) is 53.7 Å².